The second-order valence-electron chi connectivity index (χ2n) is 4.82. The molecule has 0 atom stereocenters. The molecule has 6 heteroatoms. The minimum atomic E-state index is -0.0740. The molecule has 0 amide bonds. The van der Waals surface area contributed by atoms with Gasteiger partial charge in [0.1, 0.15) is 12.4 Å². The van der Waals surface area contributed by atoms with Crippen LogP contribution in [0.25, 0.3) is 0 Å². The summed E-state index contributed by atoms with van der Waals surface area (Å²) < 4.78 is 8.67. The van der Waals surface area contributed by atoms with Crippen LogP contribution in [0.1, 0.15) is 29.4 Å². The van der Waals surface area contributed by atoms with E-state index in [9.17, 15) is 5.11 Å². The van der Waals surface area contributed by atoms with Crippen molar-refractivity contribution in [1.82, 2.24) is 9.78 Å². The number of aryl methyl sites for hydroxylation is 3. The van der Waals surface area contributed by atoms with E-state index in [1.165, 1.54) is 0 Å². The molecule has 1 aromatic heterocycles. The van der Waals surface area contributed by atoms with E-state index < -0.39 is 0 Å². The van der Waals surface area contributed by atoms with Gasteiger partial charge in [0.15, 0.2) is 0 Å². The molecule has 2 aromatic rings. The minimum Gasteiger partial charge on any atom is -0.487 e. The number of aromatic nitrogens is 2. The molecule has 0 saturated heterocycles. The Labute approximate surface area is 137 Å². The van der Waals surface area contributed by atoms with Crippen molar-refractivity contribution in [1.29, 1.82) is 0 Å². The molecule has 4 nitrogen and oxygen atoms in total. The van der Waals surface area contributed by atoms with E-state index >= 15 is 0 Å². The Bertz CT molecular complexity index is 656. The molecule has 0 spiro atoms. The molecule has 1 heterocycles. The van der Waals surface area contributed by atoms with Gasteiger partial charge >= 0.3 is 0 Å². The Balaban J connectivity index is 2.29. The van der Waals surface area contributed by atoms with E-state index in [2.05, 4.69) is 21.0 Å². The number of ether oxygens (including phenoxy) is 1. The quantitative estimate of drug-likeness (QED) is 0.861. The summed E-state index contributed by atoms with van der Waals surface area (Å²) in [5, 5.41) is 14.5. The number of nitrogens with zero attached hydrogens (tertiary/aromatic N) is 2. The van der Waals surface area contributed by atoms with Gasteiger partial charge in [-0.25, -0.2) is 0 Å². The molecular formula is C15H18BrClN2O2. The van der Waals surface area contributed by atoms with Crippen LogP contribution >= 0.6 is 27.5 Å². The molecule has 0 aliphatic heterocycles. The second-order valence-corrected chi connectivity index (χ2v) is 6.11. The normalized spacial score (nSPS) is 11.0. The topological polar surface area (TPSA) is 47.3 Å². The molecule has 2 rings (SSSR count). The summed E-state index contributed by atoms with van der Waals surface area (Å²) in [6, 6.07) is 3.81. The highest BCUT2D eigenvalue weighted by molar-refractivity contribution is 9.10. The average Bonchev–Trinajstić information content (AvgIpc) is 2.72. The number of hydrogen-bond donors (Lipinski definition) is 1. The summed E-state index contributed by atoms with van der Waals surface area (Å²) in [6.07, 6.45) is 0. The van der Waals surface area contributed by atoms with Gasteiger partial charge in [-0.3, -0.25) is 4.68 Å². The standard InChI is InChI=1S/C15H18BrClN2O2/c1-4-19-13(14(17)10(3)18-19)8-21-15-9(2)5-12(16)6-11(15)7-20/h5-6,20H,4,7-8H2,1-3H3. The maximum absolute atomic E-state index is 9.48. The molecule has 0 fully saturated rings. The van der Waals surface area contributed by atoms with Crippen LogP contribution in [0.5, 0.6) is 5.75 Å². The van der Waals surface area contributed by atoms with Crippen molar-refractivity contribution in [3.8, 4) is 5.75 Å². The van der Waals surface area contributed by atoms with E-state index in [4.69, 9.17) is 16.3 Å². The van der Waals surface area contributed by atoms with Crippen LogP contribution in [0, 0.1) is 13.8 Å². The van der Waals surface area contributed by atoms with Crippen molar-refractivity contribution in [2.24, 2.45) is 0 Å². The molecule has 1 aromatic carbocycles. The minimum absolute atomic E-state index is 0.0740. The summed E-state index contributed by atoms with van der Waals surface area (Å²) in [7, 11) is 0. The second kappa shape index (κ2) is 6.81. The zero-order valence-corrected chi connectivity index (χ0v) is 14.6. The van der Waals surface area contributed by atoms with Crippen molar-refractivity contribution in [2.75, 3.05) is 0 Å². The Morgan fingerprint density at radius 2 is 2.10 bits per heavy atom. The van der Waals surface area contributed by atoms with Crippen LogP contribution in [-0.2, 0) is 19.8 Å². The summed E-state index contributed by atoms with van der Waals surface area (Å²) in [6.45, 7) is 6.82. The highest BCUT2D eigenvalue weighted by atomic mass is 79.9. The lowest BCUT2D eigenvalue weighted by molar-refractivity contribution is 0.253. The molecule has 1 N–H and O–H groups in total. The van der Waals surface area contributed by atoms with Gasteiger partial charge in [-0.1, -0.05) is 27.5 Å². The van der Waals surface area contributed by atoms with Gasteiger partial charge in [-0.05, 0) is 38.5 Å². The first-order valence-corrected chi connectivity index (χ1v) is 7.89. The van der Waals surface area contributed by atoms with Gasteiger partial charge < -0.3 is 9.84 Å². The number of benzene rings is 1. The van der Waals surface area contributed by atoms with Gasteiger partial charge in [0.25, 0.3) is 0 Å². The predicted octanol–water partition coefficient (Wildman–Crippen LogP) is 4.01. The fourth-order valence-corrected chi connectivity index (χ4v) is 3.08. The first kappa shape index (κ1) is 16.3. The molecule has 0 aliphatic carbocycles. The maximum Gasteiger partial charge on any atom is 0.131 e. The van der Waals surface area contributed by atoms with Gasteiger partial charge in [-0.15, -0.1) is 0 Å². The number of rotatable bonds is 5. The highest BCUT2D eigenvalue weighted by Gasteiger charge is 2.15. The summed E-state index contributed by atoms with van der Waals surface area (Å²) >= 11 is 9.70. The van der Waals surface area contributed by atoms with Gasteiger partial charge in [-0.2, -0.15) is 5.10 Å². The van der Waals surface area contributed by atoms with Crippen molar-refractivity contribution < 1.29 is 9.84 Å². The third kappa shape index (κ3) is 3.42. The molecule has 0 saturated carbocycles. The van der Waals surface area contributed by atoms with E-state index in [1.807, 2.05) is 37.6 Å². The Hall–Kier alpha value is -1.04. The summed E-state index contributed by atoms with van der Waals surface area (Å²) in [5.41, 5.74) is 3.36. The number of halogens is 2. The van der Waals surface area contributed by atoms with E-state index in [1.54, 1.807) is 0 Å². The maximum atomic E-state index is 9.48. The van der Waals surface area contributed by atoms with E-state index in [0.29, 0.717) is 17.4 Å². The first-order valence-electron chi connectivity index (χ1n) is 6.72. The molecule has 114 valence electrons. The third-order valence-electron chi connectivity index (χ3n) is 3.29. The molecule has 0 radical (unpaired) electrons. The lowest BCUT2D eigenvalue weighted by Crippen LogP contribution is -2.08. The SMILES string of the molecule is CCn1nc(C)c(Cl)c1COc1c(C)cc(Br)cc1CO. The Kier molecular flexibility index (Phi) is 5.30. The van der Waals surface area contributed by atoms with Crippen LogP contribution in [0.4, 0.5) is 0 Å². The summed E-state index contributed by atoms with van der Waals surface area (Å²) in [5.74, 6) is 0.693. The fraction of sp³-hybridized carbons (Fsp3) is 0.400. The Morgan fingerprint density at radius 1 is 1.38 bits per heavy atom. The van der Waals surface area contributed by atoms with Crippen LogP contribution in [0.3, 0.4) is 0 Å². The van der Waals surface area contributed by atoms with Crippen molar-refractivity contribution in [3.05, 3.63) is 44.1 Å². The first-order chi connectivity index (χ1) is 9.97. The number of aliphatic hydroxyl groups is 1. The predicted molar refractivity (Wildman–Crippen MR) is 86.8 cm³/mol. The molecule has 0 aliphatic rings. The number of hydrogen-bond acceptors (Lipinski definition) is 3. The molecule has 21 heavy (non-hydrogen) atoms. The summed E-state index contributed by atoms with van der Waals surface area (Å²) in [4.78, 5) is 0. The molecular weight excluding hydrogens is 356 g/mol. The van der Waals surface area contributed by atoms with Gasteiger partial charge in [0.05, 0.1) is 23.0 Å². The van der Waals surface area contributed by atoms with Crippen LogP contribution in [-0.4, -0.2) is 14.9 Å². The van der Waals surface area contributed by atoms with Crippen molar-refractivity contribution in [3.63, 3.8) is 0 Å². The lowest BCUT2D eigenvalue weighted by Gasteiger charge is -2.14. The average molecular weight is 374 g/mol. The van der Waals surface area contributed by atoms with Gasteiger partial charge in [0.2, 0.25) is 0 Å². The fourth-order valence-electron chi connectivity index (χ4n) is 2.27. The lowest BCUT2D eigenvalue weighted by atomic mass is 10.1. The zero-order valence-electron chi connectivity index (χ0n) is 12.3. The van der Waals surface area contributed by atoms with E-state index in [0.717, 1.165) is 33.5 Å². The molecule has 0 unspecified atom stereocenters. The van der Waals surface area contributed by atoms with E-state index in [-0.39, 0.29) is 6.61 Å². The van der Waals surface area contributed by atoms with Crippen LogP contribution in [0.2, 0.25) is 5.02 Å². The van der Waals surface area contributed by atoms with Crippen LogP contribution in [0.15, 0.2) is 16.6 Å². The van der Waals surface area contributed by atoms with Crippen molar-refractivity contribution in [2.45, 2.75) is 40.5 Å². The van der Waals surface area contributed by atoms with Crippen molar-refractivity contribution >= 4 is 27.5 Å². The largest absolute Gasteiger partial charge is 0.487 e. The third-order valence-corrected chi connectivity index (χ3v) is 4.24. The van der Waals surface area contributed by atoms with Crippen LogP contribution < -0.4 is 4.74 Å². The number of aliphatic hydroxyl groups excluding tert-OH is 1. The van der Waals surface area contributed by atoms with Gasteiger partial charge in [0, 0.05) is 16.6 Å². The molecule has 0 bridgehead atoms. The smallest absolute Gasteiger partial charge is 0.131 e. The monoisotopic (exact) mass is 372 g/mol. The zero-order chi connectivity index (χ0) is 15.6. The Morgan fingerprint density at radius 3 is 2.71 bits per heavy atom. The highest BCUT2D eigenvalue weighted by Crippen LogP contribution is 2.30.